The summed E-state index contributed by atoms with van der Waals surface area (Å²) in [6, 6.07) is 12.6. The van der Waals surface area contributed by atoms with Gasteiger partial charge in [-0.05, 0) is 36.8 Å². The van der Waals surface area contributed by atoms with Gasteiger partial charge >= 0.3 is 6.16 Å². The molecule has 0 saturated heterocycles. The third-order valence-electron chi connectivity index (χ3n) is 3.97. The smallest absolute Gasteiger partial charge is 0.457 e. The number of nitrogens with zero attached hydrogens (tertiary/aromatic N) is 3. The second-order valence-electron chi connectivity index (χ2n) is 5.92. The van der Waals surface area contributed by atoms with Crippen molar-refractivity contribution in [1.29, 1.82) is 0 Å². The fraction of sp³-hybridized carbons (Fsp3) is 0.0526. The van der Waals surface area contributed by atoms with Crippen LogP contribution in [-0.2, 0) is 0 Å². The Bertz CT molecular complexity index is 1240. The van der Waals surface area contributed by atoms with Crippen molar-refractivity contribution < 1.29 is 19.4 Å². The third kappa shape index (κ3) is 3.40. The Morgan fingerprint density at radius 1 is 1.18 bits per heavy atom. The van der Waals surface area contributed by atoms with Crippen molar-refractivity contribution in [1.82, 2.24) is 19.7 Å². The molecule has 0 aliphatic carbocycles. The van der Waals surface area contributed by atoms with Crippen LogP contribution in [0.2, 0.25) is 0 Å². The van der Waals surface area contributed by atoms with E-state index < -0.39 is 6.16 Å². The Morgan fingerprint density at radius 2 is 2.00 bits per heavy atom. The van der Waals surface area contributed by atoms with E-state index in [0.29, 0.717) is 22.4 Å². The van der Waals surface area contributed by atoms with Gasteiger partial charge < -0.3 is 14.6 Å². The molecule has 28 heavy (non-hydrogen) atoms. The first-order valence-electron chi connectivity index (χ1n) is 8.23. The maximum Gasteiger partial charge on any atom is 0.511 e. The summed E-state index contributed by atoms with van der Waals surface area (Å²) in [5, 5.41) is 12.9. The van der Waals surface area contributed by atoms with Crippen LogP contribution in [0.1, 0.15) is 5.56 Å². The molecule has 0 aliphatic heterocycles. The van der Waals surface area contributed by atoms with E-state index in [1.54, 1.807) is 18.2 Å². The SMILES string of the molecule is Cc1ccccc1Oc1ccc2nc(-n3cc(OC(=O)O)cn3)[nH]c(=O)c2c1. The Kier molecular flexibility index (Phi) is 4.24. The predicted molar refractivity (Wildman–Crippen MR) is 99.4 cm³/mol. The summed E-state index contributed by atoms with van der Waals surface area (Å²) in [4.78, 5) is 30.1. The molecule has 0 unspecified atom stereocenters. The number of carboxylic acid groups (broad SMARTS) is 1. The number of aromatic amines is 1. The summed E-state index contributed by atoms with van der Waals surface area (Å²) in [5.41, 5.74) is 1.03. The van der Waals surface area contributed by atoms with Gasteiger partial charge in [0.15, 0.2) is 5.75 Å². The van der Waals surface area contributed by atoms with Gasteiger partial charge in [0.05, 0.1) is 23.3 Å². The van der Waals surface area contributed by atoms with E-state index in [1.165, 1.54) is 17.1 Å². The number of nitrogens with one attached hydrogen (secondary N) is 1. The molecule has 2 N–H and O–H groups in total. The first kappa shape index (κ1) is 17.3. The van der Waals surface area contributed by atoms with Gasteiger partial charge in [-0.15, -0.1) is 0 Å². The molecule has 4 aromatic rings. The summed E-state index contributed by atoms with van der Waals surface area (Å²) < 4.78 is 11.6. The first-order chi connectivity index (χ1) is 13.5. The van der Waals surface area contributed by atoms with Gasteiger partial charge in [-0.1, -0.05) is 18.2 Å². The summed E-state index contributed by atoms with van der Waals surface area (Å²) in [7, 11) is 0. The van der Waals surface area contributed by atoms with Gasteiger partial charge in [0.1, 0.15) is 11.5 Å². The van der Waals surface area contributed by atoms with Crippen molar-refractivity contribution in [2.45, 2.75) is 6.92 Å². The van der Waals surface area contributed by atoms with Crippen LogP contribution in [0.4, 0.5) is 4.79 Å². The molecule has 0 amide bonds. The van der Waals surface area contributed by atoms with Gasteiger partial charge in [0, 0.05) is 0 Å². The van der Waals surface area contributed by atoms with Gasteiger partial charge in [-0.2, -0.15) is 5.10 Å². The molecule has 0 spiro atoms. The lowest BCUT2D eigenvalue weighted by Crippen LogP contribution is -2.13. The molecule has 2 aromatic heterocycles. The van der Waals surface area contributed by atoms with Crippen LogP contribution in [0, 0.1) is 6.92 Å². The molecule has 2 heterocycles. The van der Waals surface area contributed by atoms with Crippen LogP contribution in [-0.4, -0.2) is 31.0 Å². The molecule has 0 bridgehead atoms. The minimum Gasteiger partial charge on any atom is -0.457 e. The van der Waals surface area contributed by atoms with Gasteiger partial charge in [0.25, 0.3) is 5.56 Å². The molecule has 140 valence electrons. The Hall–Kier alpha value is -4.14. The van der Waals surface area contributed by atoms with Crippen LogP contribution in [0.25, 0.3) is 16.9 Å². The lowest BCUT2D eigenvalue weighted by Gasteiger charge is -2.09. The Balaban J connectivity index is 1.68. The molecular weight excluding hydrogens is 364 g/mol. The summed E-state index contributed by atoms with van der Waals surface area (Å²) >= 11 is 0. The van der Waals surface area contributed by atoms with E-state index in [9.17, 15) is 9.59 Å². The molecule has 0 saturated carbocycles. The summed E-state index contributed by atoms with van der Waals surface area (Å²) in [6.45, 7) is 1.93. The maximum atomic E-state index is 12.5. The van der Waals surface area contributed by atoms with Crippen LogP contribution in [0.3, 0.4) is 0 Å². The Morgan fingerprint density at radius 3 is 2.79 bits per heavy atom. The molecule has 4 rings (SSSR count). The monoisotopic (exact) mass is 378 g/mol. The van der Waals surface area contributed by atoms with Crippen molar-refractivity contribution in [3.63, 3.8) is 0 Å². The van der Waals surface area contributed by atoms with Crippen LogP contribution in [0.15, 0.2) is 59.7 Å². The fourth-order valence-corrected chi connectivity index (χ4v) is 2.65. The number of hydrogen-bond donors (Lipinski definition) is 2. The summed E-state index contributed by atoms with van der Waals surface area (Å²) in [6.07, 6.45) is 1.05. The minimum atomic E-state index is -1.46. The highest BCUT2D eigenvalue weighted by Gasteiger charge is 2.11. The third-order valence-corrected chi connectivity index (χ3v) is 3.97. The highest BCUT2D eigenvalue weighted by Crippen LogP contribution is 2.26. The highest BCUT2D eigenvalue weighted by molar-refractivity contribution is 5.79. The molecule has 0 atom stereocenters. The molecular formula is C19H14N4O5. The number of rotatable bonds is 4. The Labute approximate surface area is 157 Å². The van der Waals surface area contributed by atoms with Crippen molar-refractivity contribution in [2.24, 2.45) is 0 Å². The van der Waals surface area contributed by atoms with E-state index in [2.05, 4.69) is 19.8 Å². The van der Waals surface area contributed by atoms with Crippen molar-refractivity contribution in [3.8, 4) is 23.2 Å². The number of fused-ring (bicyclic) bond motifs is 1. The molecule has 0 fully saturated rings. The van der Waals surface area contributed by atoms with E-state index in [0.717, 1.165) is 5.56 Å². The van der Waals surface area contributed by atoms with Crippen LogP contribution < -0.4 is 15.0 Å². The number of hydrogen-bond acceptors (Lipinski definition) is 6. The van der Waals surface area contributed by atoms with Crippen LogP contribution >= 0.6 is 0 Å². The van der Waals surface area contributed by atoms with Gasteiger partial charge in [-0.25, -0.2) is 14.5 Å². The highest BCUT2D eigenvalue weighted by atomic mass is 16.7. The molecule has 9 nitrogen and oxygen atoms in total. The van der Waals surface area contributed by atoms with Crippen molar-refractivity contribution in [2.75, 3.05) is 0 Å². The number of para-hydroxylation sites is 1. The van der Waals surface area contributed by atoms with Gasteiger partial charge in [-0.3, -0.25) is 9.78 Å². The largest absolute Gasteiger partial charge is 0.511 e. The van der Waals surface area contributed by atoms with E-state index >= 15 is 0 Å². The first-order valence-corrected chi connectivity index (χ1v) is 8.23. The van der Waals surface area contributed by atoms with E-state index in [1.807, 2.05) is 31.2 Å². The standard InChI is InChI=1S/C19H14N4O5/c1-11-4-2-3-5-16(11)27-12-6-7-15-14(8-12)17(24)22-18(21-15)23-10-13(9-20-23)28-19(25)26/h2-10H,1H3,(H,25,26)(H,21,22,24). The molecule has 9 heteroatoms. The molecule has 0 aliphatic rings. The normalized spacial score (nSPS) is 10.8. The predicted octanol–water partition coefficient (Wildman–Crippen LogP) is 3.27. The number of H-pyrrole nitrogens is 1. The van der Waals surface area contributed by atoms with Crippen LogP contribution in [0.5, 0.6) is 17.2 Å². The number of benzene rings is 2. The second-order valence-corrected chi connectivity index (χ2v) is 5.92. The minimum absolute atomic E-state index is 0.0113. The molecule has 0 radical (unpaired) electrons. The lowest BCUT2D eigenvalue weighted by molar-refractivity contribution is 0.144. The van der Waals surface area contributed by atoms with E-state index in [-0.39, 0.29) is 17.3 Å². The molecule has 2 aromatic carbocycles. The topological polar surface area (TPSA) is 119 Å². The number of ether oxygens (including phenoxy) is 2. The zero-order valence-corrected chi connectivity index (χ0v) is 14.6. The fourth-order valence-electron chi connectivity index (χ4n) is 2.65. The van der Waals surface area contributed by atoms with Crippen molar-refractivity contribution in [3.05, 3.63) is 70.8 Å². The average Bonchev–Trinajstić information content (AvgIpc) is 3.12. The second kappa shape index (κ2) is 6.88. The quantitative estimate of drug-likeness (QED) is 0.523. The van der Waals surface area contributed by atoms with E-state index in [4.69, 9.17) is 9.84 Å². The number of aromatic nitrogens is 4. The number of aryl methyl sites for hydroxylation is 1. The maximum absolute atomic E-state index is 12.5. The average molecular weight is 378 g/mol. The summed E-state index contributed by atoms with van der Waals surface area (Å²) in [5.74, 6) is 1.35. The zero-order valence-electron chi connectivity index (χ0n) is 14.6. The number of carbonyl (C=O) groups is 1. The lowest BCUT2D eigenvalue weighted by atomic mass is 10.2. The zero-order chi connectivity index (χ0) is 19.7. The van der Waals surface area contributed by atoms with Crippen molar-refractivity contribution >= 4 is 17.1 Å². The van der Waals surface area contributed by atoms with Gasteiger partial charge in [0.2, 0.25) is 5.95 Å².